The lowest BCUT2D eigenvalue weighted by molar-refractivity contribution is -0.113. The molecule has 102 valence electrons. The second kappa shape index (κ2) is 4.37. The van der Waals surface area contributed by atoms with E-state index in [1.807, 2.05) is 12.1 Å². The highest BCUT2D eigenvalue weighted by molar-refractivity contribution is 6.29. The number of amides is 1. The summed E-state index contributed by atoms with van der Waals surface area (Å²) in [4.78, 5) is 18.0. The molecule has 2 heterocycles. The Morgan fingerprint density at radius 1 is 1.47 bits per heavy atom. The summed E-state index contributed by atoms with van der Waals surface area (Å²) >= 11 is 5.47. The molecule has 4 nitrogen and oxygen atoms in total. The summed E-state index contributed by atoms with van der Waals surface area (Å²) in [5.41, 5.74) is 0.501. The molecule has 0 aromatic carbocycles. The smallest absolute Gasteiger partial charge is 0.240 e. The number of carbonyl (C=O) groups is 1. The summed E-state index contributed by atoms with van der Waals surface area (Å²) in [5.74, 6) is 2.81. The quantitative estimate of drug-likeness (QED) is 0.864. The maximum atomic E-state index is 11.3. The number of rotatable bonds is 3. The van der Waals surface area contributed by atoms with Gasteiger partial charge >= 0.3 is 0 Å². The van der Waals surface area contributed by atoms with Crippen molar-refractivity contribution in [3.8, 4) is 0 Å². The van der Waals surface area contributed by atoms with Gasteiger partial charge in [0.15, 0.2) is 0 Å². The maximum absolute atomic E-state index is 11.3. The number of alkyl halides is 1. The minimum Gasteiger partial charge on any atom is -0.356 e. The first-order chi connectivity index (χ1) is 9.02. The molecule has 2 unspecified atom stereocenters. The monoisotopic (exact) mass is 279 g/mol. The summed E-state index contributed by atoms with van der Waals surface area (Å²) in [6.07, 6.45) is 0. The molecule has 0 radical (unpaired) electrons. The van der Waals surface area contributed by atoms with Gasteiger partial charge in [-0.25, -0.2) is 4.98 Å². The van der Waals surface area contributed by atoms with Gasteiger partial charge in [0.1, 0.15) is 17.5 Å². The van der Waals surface area contributed by atoms with Crippen LogP contribution in [-0.2, 0) is 4.79 Å². The van der Waals surface area contributed by atoms with Gasteiger partial charge in [0.05, 0.1) is 0 Å². The molecule has 3 rings (SSSR count). The highest BCUT2D eigenvalue weighted by Crippen LogP contribution is 2.62. The fourth-order valence-corrected chi connectivity index (χ4v) is 3.23. The van der Waals surface area contributed by atoms with E-state index in [1.54, 1.807) is 6.07 Å². The SMILES string of the molecule is CC1(C)C2CN(c3cccc(NC(=O)CCl)n3)CC21. The fourth-order valence-electron chi connectivity index (χ4n) is 3.16. The second-order valence-corrected chi connectivity index (χ2v) is 6.27. The third-order valence-electron chi connectivity index (χ3n) is 4.57. The van der Waals surface area contributed by atoms with E-state index in [2.05, 4.69) is 29.0 Å². The van der Waals surface area contributed by atoms with Crippen molar-refractivity contribution in [3.05, 3.63) is 18.2 Å². The zero-order valence-corrected chi connectivity index (χ0v) is 11.9. The summed E-state index contributed by atoms with van der Waals surface area (Å²) in [5, 5.41) is 2.69. The number of piperidine rings is 1. The van der Waals surface area contributed by atoms with Crippen molar-refractivity contribution in [2.45, 2.75) is 13.8 Å². The summed E-state index contributed by atoms with van der Waals surface area (Å²) in [7, 11) is 0. The molecule has 1 aromatic heterocycles. The highest BCUT2D eigenvalue weighted by Gasteiger charge is 2.62. The Hall–Kier alpha value is -1.29. The van der Waals surface area contributed by atoms with Gasteiger partial charge in [-0.3, -0.25) is 4.79 Å². The Morgan fingerprint density at radius 2 is 2.16 bits per heavy atom. The summed E-state index contributed by atoms with van der Waals surface area (Å²) < 4.78 is 0. The third-order valence-corrected chi connectivity index (χ3v) is 4.81. The highest BCUT2D eigenvalue weighted by atomic mass is 35.5. The molecule has 1 aliphatic heterocycles. The summed E-state index contributed by atoms with van der Waals surface area (Å²) in [6, 6.07) is 5.70. The minimum absolute atomic E-state index is 0.0477. The van der Waals surface area contributed by atoms with E-state index in [1.165, 1.54) is 0 Å². The van der Waals surface area contributed by atoms with Gasteiger partial charge in [0.2, 0.25) is 5.91 Å². The van der Waals surface area contributed by atoms with Crippen LogP contribution in [0.1, 0.15) is 13.8 Å². The van der Waals surface area contributed by atoms with Crippen molar-refractivity contribution >= 4 is 29.1 Å². The van der Waals surface area contributed by atoms with Crippen molar-refractivity contribution in [1.82, 2.24) is 4.98 Å². The first-order valence-corrected chi connectivity index (χ1v) is 7.13. The normalized spacial score (nSPS) is 27.0. The number of nitrogens with zero attached hydrogens (tertiary/aromatic N) is 2. The molecule has 1 aliphatic carbocycles. The average molecular weight is 280 g/mol. The van der Waals surface area contributed by atoms with Crippen molar-refractivity contribution in [2.24, 2.45) is 17.3 Å². The van der Waals surface area contributed by atoms with Gasteiger partial charge in [0, 0.05) is 13.1 Å². The molecule has 5 heteroatoms. The van der Waals surface area contributed by atoms with E-state index in [0.29, 0.717) is 11.2 Å². The van der Waals surface area contributed by atoms with Crippen LogP contribution in [0.25, 0.3) is 0 Å². The zero-order valence-electron chi connectivity index (χ0n) is 11.2. The van der Waals surface area contributed by atoms with Crippen molar-refractivity contribution in [3.63, 3.8) is 0 Å². The Morgan fingerprint density at radius 3 is 2.79 bits per heavy atom. The number of hydrogen-bond acceptors (Lipinski definition) is 3. The van der Waals surface area contributed by atoms with E-state index in [9.17, 15) is 4.79 Å². The van der Waals surface area contributed by atoms with Crippen molar-refractivity contribution in [2.75, 3.05) is 29.2 Å². The molecule has 2 atom stereocenters. The number of nitrogens with one attached hydrogen (secondary N) is 1. The maximum Gasteiger partial charge on any atom is 0.240 e. The van der Waals surface area contributed by atoms with E-state index < -0.39 is 0 Å². The molecule has 1 saturated heterocycles. The number of hydrogen-bond donors (Lipinski definition) is 1. The molecular formula is C14H18ClN3O. The summed E-state index contributed by atoms with van der Waals surface area (Å²) in [6.45, 7) is 6.81. The molecule has 1 aromatic rings. The lowest BCUT2D eigenvalue weighted by Crippen LogP contribution is -2.27. The predicted octanol–water partition coefficient (Wildman–Crippen LogP) is 2.35. The third kappa shape index (κ3) is 2.18. The molecule has 0 spiro atoms. The molecular weight excluding hydrogens is 262 g/mol. The Kier molecular flexibility index (Phi) is 2.93. The molecule has 1 saturated carbocycles. The van der Waals surface area contributed by atoms with Gasteiger partial charge in [-0.1, -0.05) is 19.9 Å². The van der Waals surface area contributed by atoms with Crippen LogP contribution < -0.4 is 10.2 Å². The van der Waals surface area contributed by atoms with Crippen LogP contribution in [0.3, 0.4) is 0 Å². The van der Waals surface area contributed by atoms with E-state index in [0.717, 1.165) is 30.7 Å². The van der Waals surface area contributed by atoms with Crippen LogP contribution in [-0.4, -0.2) is 29.9 Å². The van der Waals surface area contributed by atoms with Gasteiger partial charge < -0.3 is 10.2 Å². The van der Waals surface area contributed by atoms with Crippen LogP contribution in [0.5, 0.6) is 0 Å². The Bertz CT molecular complexity index is 503. The number of carbonyl (C=O) groups excluding carboxylic acids is 1. The Labute approximate surface area is 118 Å². The zero-order chi connectivity index (χ0) is 13.6. The van der Waals surface area contributed by atoms with Gasteiger partial charge in [-0.2, -0.15) is 0 Å². The molecule has 1 N–H and O–H groups in total. The molecule has 0 bridgehead atoms. The number of fused-ring (bicyclic) bond motifs is 1. The topological polar surface area (TPSA) is 45.2 Å². The van der Waals surface area contributed by atoms with Crippen LogP contribution >= 0.6 is 11.6 Å². The number of aromatic nitrogens is 1. The number of anilines is 2. The molecule has 2 aliphatic rings. The van der Waals surface area contributed by atoms with E-state index in [4.69, 9.17) is 11.6 Å². The van der Waals surface area contributed by atoms with E-state index in [-0.39, 0.29) is 11.8 Å². The average Bonchev–Trinajstić information content (AvgIpc) is 2.80. The first-order valence-electron chi connectivity index (χ1n) is 6.60. The van der Waals surface area contributed by atoms with Gasteiger partial charge in [0.25, 0.3) is 0 Å². The Balaban J connectivity index is 1.70. The van der Waals surface area contributed by atoms with Crippen LogP contribution in [0, 0.1) is 17.3 Å². The number of pyridine rings is 1. The molecule has 19 heavy (non-hydrogen) atoms. The lowest BCUT2D eigenvalue weighted by Gasteiger charge is -2.23. The predicted molar refractivity (Wildman–Crippen MR) is 76.6 cm³/mol. The standard InChI is InChI=1S/C14H18ClN3O/c1-14(2)9-7-18(8-10(9)14)12-5-3-4-11(16-12)17-13(19)6-15/h3-5,9-10H,6-8H2,1-2H3,(H,16,17,19). The first kappa shape index (κ1) is 12.7. The lowest BCUT2D eigenvalue weighted by atomic mass is 10.1. The molecule has 2 fully saturated rings. The van der Waals surface area contributed by atoms with Crippen LogP contribution in [0.15, 0.2) is 18.2 Å². The van der Waals surface area contributed by atoms with Crippen LogP contribution in [0.2, 0.25) is 0 Å². The largest absolute Gasteiger partial charge is 0.356 e. The second-order valence-electron chi connectivity index (χ2n) is 6.00. The van der Waals surface area contributed by atoms with Gasteiger partial charge in [-0.15, -0.1) is 11.6 Å². The number of halogens is 1. The van der Waals surface area contributed by atoms with Crippen LogP contribution in [0.4, 0.5) is 11.6 Å². The van der Waals surface area contributed by atoms with Crippen molar-refractivity contribution < 1.29 is 4.79 Å². The fraction of sp³-hybridized carbons (Fsp3) is 0.571. The minimum atomic E-state index is -0.225. The van der Waals surface area contributed by atoms with Crippen molar-refractivity contribution in [1.29, 1.82) is 0 Å². The van der Waals surface area contributed by atoms with Gasteiger partial charge in [-0.05, 0) is 29.4 Å². The van der Waals surface area contributed by atoms with E-state index >= 15 is 0 Å². The molecule has 1 amide bonds.